The molecular weight excluding hydrogens is 468 g/mol. The second kappa shape index (κ2) is 11.0. The minimum Gasteiger partial charge on any atom is -0.491 e. The molecule has 0 saturated heterocycles. The van der Waals surface area contributed by atoms with E-state index in [0.29, 0.717) is 39.3 Å². The Bertz CT molecular complexity index is 1370. The van der Waals surface area contributed by atoms with Crippen molar-refractivity contribution in [3.8, 4) is 16.9 Å². The second-order valence-corrected chi connectivity index (χ2v) is 9.51. The van der Waals surface area contributed by atoms with Crippen LogP contribution in [-0.2, 0) is 29.0 Å². The first-order valence-electron chi connectivity index (χ1n) is 12.6. The third kappa shape index (κ3) is 5.91. The number of ether oxygens (including phenoxy) is 2. The SMILES string of the molecule is Cc1cnn(CC(=O)N2CCOCCOc3ccc(-c4c(C)noc4C)cc3Cc3cccc(c3)C2)c1. The molecule has 1 aliphatic heterocycles. The maximum Gasteiger partial charge on any atom is 0.244 e. The van der Waals surface area contributed by atoms with Gasteiger partial charge in [0.05, 0.1) is 25.1 Å². The van der Waals surface area contributed by atoms with Crippen molar-refractivity contribution in [1.29, 1.82) is 0 Å². The molecule has 192 valence electrons. The largest absolute Gasteiger partial charge is 0.491 e. The number of aryl methyl sites for hydroxylation is 3. The third-order valence-electron chi connectivity index (χ3n) is 6.55. The molecule has 0 spiro atoms. The van der Waals surface area contributed by atoms with Crippen molar-refractivity contribution in [3.05, 3.63) is 88.6 Å². The molecule has 37 heavy (non-hydrogen) atoms. The molecule has 2 aromatic carbocycles. The maximum absolute atomic E-state index is 13.2. The first-order chi connectivity index (χ1) is 18.0. The Morgan fingerprint density at radius 1 is 1.03 bits per heavy atom. The molecule has 0 aliphatic carbocycles. The van der Waals surface area contributed by atoms with Crippen LogP contribution in [0.3, 0.4) is 0 Å². The molecule has 0 radical (unpaired) electrons. The van der Waals surface area contributed by atoms with Gasteiger partial charge in [-0.25, -0.2) is 0 Å². The fourth-order valence-electron chi connectivity index (χ4n) is 4.76. The van der Waals surface area contributed by atoms with Crippen LogP contribution in [0, 0.1) is 20.8 Å². The van der Waals surface area contributed by atoms with Gasteiger partial charge in [0.15, 0.2) is 0 Å². The molecule has 0 unspecified atom stereocenters. The van der Waals surface area contributed by atoms with Crippen molar-refractivity contribution >= 4 is 5.91 Å². The maximum atomic E-state index is 13.2. The third-order valence-corrected chi connectivity index (χ3v) is 6.55. The number of fused-ring (bicyclic) bond motifs is 3. The topological polar surface area (TPSA) is 82.6 Å². The van der Waals surface area contributed by atoms with Crippen LogP contribution in [0.25, 0.3) is 11.1 Å². The van der Waals surface area contributed by atoms with Crippen molar-refractivity contribution in [1.82, 2.24) is 19.8 Å². The van der Waals surface area contributed by atoms with E-state index in [9.17, 15) is 4.79 Å². The van der Waals surface area contributed by atoms with E-state index in [1.807, 2.05) is 44.0 Å². The van der Waals surface area contributed by atoms with E-state index in [2.05, 4.69) is 40.6 Å². The van der Waals surface area contributed by atoms with Gasteiger partial charge >= 0.3 is 0 Å². The number of hydrogen-bond donors (Lipinski definition) is 0. The lowest BCUT2D eigenvalue weighted by Gasteiger charge is -2.24. The zero-order valence-electron chi connectivity index (χ0n) is 21.6. The monoisotopic (exact) mass is 500 g/mol. The van der Waals surface area contributed by atoms with E-state index in [0.717, 1.165) is 50.6 Å². The van der Waals surface area contributed by atoms with Gasteiger partial charge in [-0.15, -0.1) is 0 Å². The predicted octanol–water partition coefficient (Wildman–Crippen LogP) is 4.49. The minimum absolute atomic E-state index is 0.00916. The van der Waals surface area contributed by atoms with Crippen molar-refractivity contribution in [2.45, 2.75) is 40.3 Å². The van der Waals surface area contributed by atoms with Gasteiger partial charge in [0.25, 0.3) is 0 Å². The summed E-state index contributed by atoms with van der Waals surface area (Å²) in [4.78, 5) is 15.0. The van der Waals surface area contributed by atoms with Crippen LogP contribution in [0.15, 0.2) is 59.4 Å². The molecule has 1 amide bonds. The zero-order chi connectivity index (χ0) is 25.8. The molecule has 4 aromatic rings. The molecule has 0 fully saturated rings. The molecule has 2 bridgehead atoms. The van der Waals surface area contributed by atoms with Crippen LogP contribution < -0.4 is 4.74 Å². The van der Waals surface area contributed by atoms with E-state index in [4.69, 9.17) is 14.0 Å². The standard InChI is InChI=1S/C29H32N4O4/c1-20-16-30-33(17-20)19-28(34)32-9-10-35-11-12-36-27-8-7-25(29-21(2)31-37-22(29)3)15-26(27)14-23-5-4-6-24(13-23)18-32/h4-8,13,15-17H,9-12,14,18-19H2,1-3H3. The molecule has 8 nitrogen and oxygen atoms in total. The molecular formula is C29H32N4O4. The van der Waals surface area contributed by atoms with Gasteiger partial charge in [0, 0.05) is 31.3 Å². The van der Waals surface area contributed by atoms with Gasteiger partial charge in [-0.2, -0.15) is 5.10 Å². The summed E-state index contributed by atoms with van der Waals surface area (Å²) < 4.78 is 19.1. The number of benzene rings is 2. The molecule has 5 rings (SSSR count). The van der Waals surface area contributed by atoms with Gasteiger partial charge < -0.3 is 18.9 Å². The fourth-order valence-corrected chi connectivity index (χ4v) is 4.76. The summed E-state index contributed by atoms with van der Waals surface area (Å²) in [6, 6.07) is 14.6. The normalized spacial score (nSPS) is 14.5. The summed E-state index contributed by atoms with van der Waals surface area (Å²) in [5.74, 6) is 1.65. The van der Waals surface area contributed by atoms with E-state index in [1.54, 1.807) is 10.9 Å². The molecule has 0 N–H and O–H groups in total. The number of aromatic nitrogens is 3. The number of amides is 1. The second-order valence-electron chi connectivity index (χ2n) is 9.51. The molecule has 1 aliphatic rings. The summed E-state index contributed by atoms with van der Waals surface area (Å²) in [7, 11) is 0. The Labute approximate surface area is 216 Å². The summed E-state index contributed by atoms with van der Waals surface area (Å²) in [5.41, 5.74) is 7.27. The van der Waals surface area contributed by atoms with Gasteiger partial charge in [0.1, 0.15) is 24.7 Å². The minimum atomic E-state index is 0.00916. The number of carbonyl (C=O) groups is 1. The van der Waals surface area contributed by atoms with E-state index in [-0.39, 0.29) is 12.5 Å². The lowest BCUT2D eigenvalue weighted by Crippen LogP contribution is -2.36. The number of nitrogens with zero attached hydrogens (tertiary/aromatic N) is 4. The first-order valence-corrected chi connectivity index (χ1v) is 12.6. The van der Waals surface area contributed by atoms with Crippen LogP contribution in [0.4, 0.5) is 0 Å². The Morgan fingerprint density at radius 2 is 1.89 bits per heavy atom. The fraction of sp³-hybridized carbons (Fsp3) is 0.345. The van der Waals surface area contributed by atoms with Crippen LogP contribution in [0.2, 0.25) is 0 Å². The average molecular weight is 501 g/mol. The number of hydrogen-bond acceptors (Lipinski definition) is 6. The van der Waals surface area contributed by atoms with Crippen LogP contribution in [0.5, 0.6) is 5.75 Å². The first kappa shape index (κ1) is 24.8. The molecule has 8 heteroatoms. The summed E-state index contributed by atoms with van der Waals surface area (Å²) in [5, 5.41) is 8.39. The number of carbonyl (C=O) groups excluding carboxylic acids is 1. The van der Waals surface area contributed by atoms with E-state index in [1.165, 1.54) is 0 Å². The van der Waals surface area contributed by atoms with Crippen molar-refractivity contribution in [2.24, 2.45) is 0 Å². The van der Waals surface area contributed by atoms with Crippen molar-refractivity contribution in [3.63, 3.8) is 0 Å². The molecule has 0 saturated carbocycles. The highest BCUT2D eigenvalue weighted by Crippen LogP contribution is 2.32. The lowest BCUT2D eigenvalue weighted by molar-refractivity contribution is -0.133. The van der Waals surface area contributed by atoms with Crippen LogP contribution in [-0.4, -0.2) is 52.1 Å². The van der Waals surface area contributed by atoms with Gasteiger partial charge in [-0.05, 0) is 60.7 Å². The van der Waals surface area contributed by atoms with E-state index >= 15 is 0 Å². The van der Waals surface area contributed by atoms with Crippen molar-refractivity contribution < 1.29 is 18.8 Å². The average Bonchev–Trinajstić information content (AvgIpc) is 3.44. The highest BCUT2D eigenvalue weighted by atomic mass is 16.5. The smallest absolute Gasteiger partial charge is 0.244 e. The van der Waals surface area contributed by atoms with Crippen molar-refractivity contribution in [2.75, 3.05) is 26.4 Å². The Hall–Kier alpha value is -3.91. The van der Waals surface area contributed by atoms with Crippen LogP contribution >= 0.6 is 0 Å². The molecule has 0 atom stereocenters. The van der Waals surface area contributed by atoms with Gasteiger partial charge in [-0.3, -0.25) is 9.48 Å². The van der Waals surface area contributed by atoms with E-state index < -0.39 is 0 Å². The zero-order valence-corrected chi connectivity index (χ0v) is 21.6. The number of rotatable bonds is 3. The Morgan fingerprint density at radius 3 is 2.68 bits per heavy atom. The Kier molecular flexibility index (Phi) is 7.37. The van der Waals surface area contributed by atoms with Gasteiger partial charge in [-0.1, -0.05) is 35.5 Å². The predicted molar refractivity (Wildman–Crippen MR) is 139 cm³/mol. The summed E-state index contributed by atoms with van der Waals surface area (Å²) in [6.45, 7) is 8.37. The lowest BCUT2D eigenvalue weighted by atomic mass is 9.96. The molecule has 3 heterocycles. The quantitative estimate of drug-likeness (QED) is 0.412. The summed E-state index contributed by atoms with van der Waals surface area (Å²) >= 11 is 0. The highest BCUT2D eigenvalue weighted by Gasteiger charge is 2.18. The Balaban J connectivity index is 1.42. The highest BCUT2D eigenvalue weighted by molar-refractivity contribution is 5.76. The van der Waals surface area contributed by atoms with Crippen LogP contribution in [0.1, 0.15) is 33.7 Å². The van der Waals surface area contributed by atoms with Gasteiger partial charge in [0.2, 0.25) is 5.91 Å². The summed E-state index contributed by atoms with van der Waals surface area (Å²) in [6.07, 6.45) is 4.34. The molecule has 2 aromatic heterocycles.